The first-order valence-corrected chi connectivity index (χ1v) is 6.96. The van der Waals surface area contributed by atoms with Gasteiger partial charge in [-0.15, -0.1) is 0 Å². The van der Waals surface area contributed by atoms with Gasteiger partial charge >= 0.3 is 0 Å². The smallest absolute Gasteiger partial charge is 0.119 e. The Bertz CT molecular complexity index is 360. The molecule has 0 amide bonds. The molecule has 2 unspecified atom stereocenters. The van der Waals surface area contributed by atoms with Crippen LogP contribution in [0.1, 0.15) is 25.7 Å². The molecule has 1 fully saturated rings. The van der Waals surface area contributed by atoms with E-state index in [0.29, 0.717) is 0 Å². The number of hydrogen-bond donors (Lipinski definition) is 2. The SMILES string of the molecule is COc1ccc(NC(CCCO)C2CCCO2)cc1. The second kappa shape index (κ2) is 7.36. The van der Waals surface area contributed by atoms with Gasteiger partial charge in [-0.1, -0.05) is 0 Å². The third kappa shape index (κ3) is 4.11. The van der Waals surface area contributed by atoms with Crippen LogP contribution in [0.5, 0.6) is 5.75 Å². The summed E-state index contributed by atoms with van der Waals surface area (Å²) in [6.45, 7) is 1.08. The molecular weight excluding hydrogens is 242 g/mol. The molecule has 19 heavy (non-hydrogen) atoms. The summed E-state index contributed by atoms with van der Waals surface area (Å²) in [6.07, 6.45) is 4.21. The second-order valence-corrected chi connectivity index (χ2v) is 4.90. The molecule has 4 heteroatoms. The quantitative estimate of drug-likeness (QED) is 0.795. The van der Waals surface area contributed by atoms with E-state index in [1.807, 2.05) is 24.3 Å². The highest BCUT2D eigenvalue weighted by Gasteiger charge is 2.25. The Morgan fingerprint density at radius 1 is 1.42 bits per heavy atom. The highest BCUT2D eigenvalue weighted by Crippen LogP contribution is 2.23. The zero-order chi connectivity index (χ0) is 13.5. The van der Waals surface area contributed by atoms with Gasteiger partial charge in [0.25, 0.3) is 0 Å². The van der Waals surface area contributed by atoms with Gasteiger partial charge in [-0.25, -0.2) is 0 Å². The Balaban J connectivity index is 1.96. The summed E-state index contributed by atoms with van der Waals surface area (Å²) in [4.78, 5) is 0. The van der Waals surface area contributed by atoms with Crippen LogP contribution >= 0.6 is 0 Å². The standard InChI is InChI=1S/C15H23NO3/c1-18-13-8-6-12(7-9-13)16-14(4-2-10-17)15-5-3-11-19-15/h6-9,14-17H,2-5,10-11H2,1H3. The molecule has 0 radical (unpaired) electrons. The Hall–Kier alpha value is -1.26. The predicted molar refractivity (Wildman–Crippen MR) is 75.7 cm³/mol. The van der Waals surface area contributed by atoms with Gasteiger partial charge in [-0.3, -0.25) is 0 Å². The molecule has 2 N–H and O–H groups in total. The van der Waals surface area contributed by atoms with Crippen LogP contribution in [0.2, 0.25) is 0 Å². The third-order valence-electron chi connectivity index (χ3n) is 3.53. The van der Waals surface area contributed by atoms with Crippen molar-refractivity contribution in [1.29, 1.82) is 0 Å². The molecule has 1 aliphatic rings. The minimum Gasteiger partial charge on any atom is -0.497 e. The molecule has 0 bridgehead atoms. The van der Waals surface area contributed by atoms with Crippen LogP contribution in [-0.2, 0) is 4.74 Å². The lowest BCUT2D eigenvalue weighted by molar-refractivity contribution is 0.0908. The number of benzene rings is 1. The van der Waals surface area contributed by atoms with E-state index in [-0.39, 0.29) is 18.8 Å². The molecule has 1 heterocycles. The number of nitrogens with one attached hydrogen (secondary N) is 1. The van der Waals surface area contributed by atoms with E-state index in [9.17, 15) is 0 Å². The van der Waals surface area contributed by atoms with Gasteiger partial charge in [0.1, 0.15) is 5.75 Å². The van der Waals surface area contributed by atoms with Crippen LogP contribution in [0.4, 0.5) is 5.69 Å². The molecule has 0 spiro atoms. The number of aliphatic hydroxyl groups is 1. The molecular formula is C15H23NO3. The minimum absolute atomic E-state index is 0.230. The van der Waals surface area contributed by atoms with Crippen molar-refractivity contribution in [2.45, 2.75) is 37.8 Å². The number of ether oxygens (including phenoxy) is 2. The summed E-state index contributed by atoms with van der Waals surface area (Å²) < 4.78 is 10.9. The summed E-state index contributed by atoms with van der Waals surface area (Å²) in [6, 6.07) is 8.18. The molecule has 1 aromatic carbocycles. The van der Waals surface area contributed by atoms with Crippen molar-refractivity contribution in [3.8, 4) is 5.75 Å². The maximum Gasteiger partial charge on any atom is 0.119 e. The Labute approximate surface area is 114 Å². The normalized spacial score (nSPS) is 20.2. The van der Waals surface area contributed by atoms with Crippen molar-refractivity contribution in [2.24, 2.45) is 0 Å². The van der Waals surface area contributed by atoms with Crippen LogP contribution in [0.3, 0.4) is 0 Å². The molecule has 4 nitrogen and oxygen atoms in total. The van der Waals surface area contributed by atoms with Crippen LogP contribution in [-0.4, -0.2) is 37.6 Å². The van der Waals surface area contributed by atoms with Gasteiger partial charge in [-0.05, 0) is 49.9 Å². The van der Waals surface area contributed by atoms with Crippen molar-refractivity contribution < 1.29 is 14.6 Å². The largest absolute Gasteiger partial charge is 0.497 e. The summed E-state index contributed by atoms with van der Waals surface area (Å²) in [5, 5.41) is 12.5. The van der Waals surface area contributed by atoms with Crippen molar-refractivity contribution in [3.63, 3.8) is 0 Å². The zero-order valence-corrected chi connectivity index (χ0v) is 11.5. The van der Waals surface area contributed by atoms with Crippen molar-refractivity contribution in [1.82, 2.24) is 0 Å². The van der Waals surface area contributed by atoms with Crippen LogP contribution in [0.15, 0.2) is 24.3 Å². The van der Waals surface area contributed by atoms with Gasteiger partial charge in [0, 0.05) is 18.9 Å². The maximum atomic E-state index is 9.01. The number of aliphatic hydroxyl groups excluding tert-OH is 1. The number of rotatable bonds is 7. The number of anilines is 1. The van der Waals surface area contributed by atoms with Crippen LogP contribution in [0, 0.1) is 0 Å². The first-order valence-electron chi connectivity index (χ1n) is 6.96. The molecule has 2 rings (SSSR count). The van der Waals surface area contributed by atoms with E-state index in [4.69, 9.17) is 14.6 Å². The zero-order valence-electron chi connectivity index (χ0n) is 11.5. The molecule has 106 valence electrons. The molecule has 0 aromatic heterocycles. The van der Waals surface area contributed by atoms with Gasteiger partial charge in [0.05, 0.1) is 19.3 Å². The molecule has 1 aromatic rings. The van der Waals surface area contributed by atoms with E-state index in [2.05, 4.69) is 5.32 Å². The maximum absolute atomic E-state index is 9.01. The van der Waals surface area contributed by atoms with Crippen LogP contribution in [0.25, 0.3) is 0 Å². The van der Waals surface area contributed by atoms with Crippen LogP contribution < -0.4 is 10.1 Å². The van der Waals surface area contributed by atoms with Crippen molar-refractivity contribution in [2.75, 3.05) is 25.6 Å². The first-order chi connectivity index (χ1) is 9.33. The lowest BCUT2D eigenvalue weighted by Crippen LogP contribution is -2.33. The van der Waals surface area contributed by atoms with E-state index < -0.39 is 0 Å². The Morgan fingerprint density at radius 3 is 2.79 bits per heavy atom. The minimum atomic E-state index is 0.230. The predicted octanol–water partition coefficient (Wildman–Crippen LogP) is 2.43. The fourth-order valence-corrected chi connectivity index (χ4v) is 2.48. The highest BCUT2D eigenvalue weighted by molar-refractivity contribution is 5.47. The monoisotopic (exact) mass is 265 g/mol. The average Bonchev–Trinajstić information content (AvgIpc) is 2.98. The summed E-state index contributed by atoms with van der Waals surface area (Å²) >= 11 is 0. The molecule has 0 aliphatic carbocycles. The lowest BCUT2D eigenvalue weighted by atomic mass is 10.0. The average molecular weight is 265 g/mol. The van der Waals surface area contributed by atoms with E-state index in [1.165, 1.54) is 0 Å². The molecule has 2 atom stereocenters. The number of hydrogen-bond acceptors (Lipinski definition) is 4. The molecule has 1 saturated heterocycles. The highest BCUT2D eigenvalue weighted by atomic mass is 16.5. The summed E-state index contributed by atoms with van der Waals surface area (Å²) in [5.41, 5.74) is 1.07. The van der Waals surface area contributed by atoms with E-state index >= 15 is 0 Å². The van der Waals surface area contributed by atoms with Gasteiger partial charge in [-0.2, -0.15) is 0 Å². The lowest BCUT2D eigenvalue weighted by Gasteiger charge is -2.25. The van der Waals surface area contributed by atoms with Crippen molar-refractivity contribution in [3.05, 3.63) is 24.3 Å². The van der Waals surface area contributed by atoms with E-state index in [1.54, 1.807) is 7.11 Å². The first kappa shape index (κ1) is 14.2. The Kier molecular flexibility index (Phi) is 5.48. The summed E-state index contributed by atoms with van der Waals surface area (Å²) in [5.74, 6) is 0.856. The van der Waals surface area contributed by atoms with Gasteiger partial charge in [0.2, 0.25) is 0 Å². The number of methoxy groups -OCH3 is 1. The Morgan fingerprint density at radius 2 is 2.21 bits per heavy atom. The van der Waals surface area contributed by atoms with E-state index in [0.717, 1.165) is 43.7 Å². The fraction of sp³-hybridized carbons (Fsp3) is 0.600. The van der Waals surface area contributed by atoms with Gasteiger partial charge in [0.15, 0.2) is 0 Å². The fourth-order valence-electron chi connectivity index (χ4n) is 2.48. The molecule has 0 saturated carbocycles. The summed E-state index contributed by atoms with van der Waals surface area (Å²) in [7, 11) is 1.67. The third-order valence-corrected chi connectivity index (χ3v) is 3.53. The second-order valence-electron chi connectivity index (χ2n) is 4.90. The molecule has 1 aliphatic heterocycles. The van der Waals surface area contributed by atoms with Gasteiger partial charge < -0.3 is 19.9 Å². The van der Waals surface area contributed by atoms with Crippen molar-refractivity contribution >= 4 is 5.69 Å². The topological polar surface area (TPSA) is 50.7 Å².